The van der Waals surface area contributed by atoms with Crippen molar-refractivity contribution in [2.24, 2.45) is 29.4 Å². The predicted octanol–water partition coefficient (Wildman–Crippen LogP) is 2.79. The minimum atomic E-state index is -0.530. The predicted molar refractivity (Wildman–Crippen MR) is 115 cm³/mol. The number of primary amides is 1. The summed E-state index contributed by atoms with van der Waals surface area (Å²) in [5.74, 6) is 2.77. The highest BCUT2D eigenvalue weighted by Crippen LogP contribution is 2.58. The Morgan fingerprint density at radius 2 is 1.94 bits per heavy atom. The molecule has 4 aliphatic carbocycles. The molecule has 4 bridgehead atoms. The highest BCUT2D eigenvalue weighted by atomic mass is 16.3. The van der Waals surface area contributed by atoms with Gasteiger partial charge in [0.15, 0.2) is 0 Å². The van der Waals surface area contributed by atoms with Crippen LogP contribution in [0, 0.1) is 35.0 Å². The number of carbonyl (C=O) groups is 1. The van der Waals surface area contributed by atoms with Crippen molar-refractivity contribution < 1.29 is 9.90 Å². The summed E-state index contributed by atoms with van der Waals surface area (Å²) in [4.78, 5) is 20.4. The molecule has 2 heterocycles. The highest BCUT2D eigenvalue weighted by Gasteiger charge is 2.54. The Balaban J connectivity index is 1.32. The SMILES string of the molecule is N#Cc1ccc(Nc2cc(NCC3[C@@H]4CC5C[C@H]3CC(O)(C5)C4)c(C(N)=O)cn2)nc1. The summed E-state index contributed by atoms with van der Waals surface area (Å²) in [5, 5.41) is 26.3. The number of aromatic nitrogens is 2. The number of aliphatic hydroxyl groups is 1. The van der Waals surface area contributed by atoms with Gasteiger partial charge in [0.25, 0.3) is 5.91 Å². The molecule has 5 N–H and O–H groups in total. The average Bonchev–Trinajstić information content (AvgIpc) is 2.72. The summed E-state index contributed by atoms with van der Waals surface area (Å²) in [7, 11) is 0. The number of amides is 1. The molecule has 0 aliphatic heterocycles. The molecule has 0 saturated heterocycles. The molecular weight excluding hydrogens is 392 g/mol. The van der Waals surface area contributed by atoms with Gasteiger partial charge in [0.05, 0.1) is 22.4 Å². The van der Waals surface area contributed by atoms with Crippen LogP contribution in [0.4, 0.5) is 17.3 Å². The van der Waals surface area contributed by atoms with Crippen molar-refractivity contribution in [1.29, 1.82) is 5.26 Å². The zero-order valence-electron chi connectivity index (χ0n) is 17.2. The Morgan fingerprint density at radius 3 is 2.55 bits per heavy atom. The molecule has 8 nitrogen and oxygen atoms in total. The third-order valence-corrected chi connectivity index (χ3v) is 7.28. The number of hydrogen-bond donors (Lipinski definition) is 4. The molecule has 0 spiro atoms. The fourth-order valence-corrected chi connectivity index (χ4v) is 6.18. The topological polar surface area (TPSA) is 137 Å². The first-order chi connectivity index (χ1) is 14.9. The maximum atomic E-state index is 11.9. The quantitative estimate of drug-likeness (QED) is 0.566. The van der Waals surface area contributed by atoms with Crippen molar-refractivity contribution in [1.82, 2.24) is 9.97 Å². The van der Waals surface area contributed by atoms with Crippen LogP contribution in [0.5, 0.6) is 0 Å². The van der Waals surface area contributed by atoms with Crippen LogP contribution in [0.2, 0.25) is 0 Å². The molecule has 1 amide bonds. The molecule has 2 aromatic rings. The molecule has 5 atom stereocenters. The first-order valence-corrected chi connectivity index (χ1v) is 10.8. The summed E-state index contributed by atoms with van der Waals surface area (Å²) in [5.41, 5.74) is 6.59. The van der Waals surface area contributed by atoms with Crippen LogP contribution < -0.4 is 16.4 Å². The normalized spacial score (nSPS) is 30.6. The molecule has 4 fully saturated rings. The monoisotopic (exact) mass is 418 g/mol. The molecule has 31 heavy (non-hydrogen) atoms. The Hall–Kier alpha value is -3.18. The molecule has 6 rings (SSSR count). The Labute approximate surface area is 180 Å². The molecule has 3 unspecified atom stereocenters. The second-order valence-electron chi connectivity index (χ2n) is 9.39. The van der Waals surface area contributed by atoms with E-state index in [9.17, 15) is 9.90 Å². The third-order valence-electron chi connectivity index (χ3n) is 7.28. The number of nitrogens with two attached hydrogens (primary N) is 1. The molecular formula is C23H26N6O2. The van der Waals surface area contributed by atoms with Crippen LogP contribution >= 0.6 is 0 Å². The number of nitrogens with zero attached hydrogens (tertiary/aromatic N) is 3. The van der Waals surface area contributed by atoms with Crippen LogP contribution in [0.25, 0.3) is 0 Å². The first kappa shape index (κ1) is 19.8. The zero-order valence-corrected chi connectivity index (χ0v) is 17.2. The molecule has 8 heteroatoms. The number of anilines is 3. The van der Waals surface area contributed by atoms with Gasteiger partial charge in [-0.05, 0) is 67.9 Å². The van der Waals surface area contributed by atoms with Gasteiger partial charge in [0.2, 0.25) is 0 Å². The van der Waals surface area contributed by atoms with E-state index < -0.39 is 11.5 Å². The Kier molecular flexibility index (Phi) is 4.78. The fraction of sp³-hybridized carbons (Fsp3) is 0.478. The van der Waals surface area contributed by atoms with Crippen LogP contribution in [-0.4, -0.2) is 33.1 Å². The van der Waals surface area contributed by atoms with E-state index in [0.29, 0.717) is 52.1 Å². The van der Waals surface area contributed by atoms with Crippen LogP contribution in [0.15, 0.2) is 30.6 Å². The summed E-state index contributed by atoms with van der Waals surface area (Å²) < 4.78 is 0. The lowest BCUT2D eigenvalue weighted by Gasteiger charge is -2.58. The Morgan fingerprint density at radius 1 is 1.19 bits per heavy atom. The number of rotatable bonds is 6. The molecule has 4 saturated carbocycles. The zero-order chi connectivity index (χ0) is 21.6. The lowest BCUT2D eigenvalue weighted by atomic mass is 9.50. The molecule has 4 aliphatic rings. The fourth-order valence-electron chi connectivity index (χ4n) is 6.18. The number of carbonyl (C=O) groups excluding carboxylic acids is 1. The lowest BCUT2D eigenvalue weighted by molar-refractivity contribution is -0.148. The van der Waals surface area contributed by atoms with Crippen molar-refractivity contribution >= 4 is 23.2 Å². The minimum Gasteiger partial charge on any atom is -0.390 e. The van der Waals surface area contributed by atoms with Gasteiger partial charge >= 0.3 is 0 Å². The minimum absolute atomic E-state index is 0.348. The van der Waals surface area contributed by atoms with Crippen LogP contribution in [-0.2, 0) is 0 Å². The molecule has 0 aromatic carbocycles. The van der Waals surface area contributed by atoms with Gasteiger partial charge in [-0.25, -0.2) is 9.97 Å². The largest absolute Gasteiger partial charge is 0.390 e. The van der Waals surface area contributed by atoms with E-state index in [1.807, 2.05) is 6.07 Å². The second kappa shape index (κ2) is 7.50. The first-order valence-electron chi connectivity index (χ1n) is 10.8. The van der Waals surface area contributed by atoms with Gasteiger partial charge in [-0.1, -0.05) is 0 Å². The number of pyridine rings is 2. The van der Waals surface area contributed by atoms with Gasteiger partial charge < -0.3 is 21.5 Å². The van der Waals surface area contributed by atoms with Gasteiger partial charge in [-0.3, -0.25) is 4.79 Å². The lowest BCUT2D eigenvalue weighted by Crippen LogP contribution is -2.55. The number of nitrogens with one attached hydrogen (secondary N) is 2. The molecule has 2 aromatic heterocycles. The van der Waals surface area contributed by atoms with Crippen molar-refractivity contribution in [3.63, 3.8) is 0 Å². The van der Waals surface area contributed by atoms with Gasteiger partial charge in [-0.15, -0.1) is 0 Å². The third kappa shape index (κ3) is 3.81. The average molecular weight is 419 g/mol. The van der Waals surface area contributed by atoms with E-state index in [2.05, 4.69) is 20.6 Å². The summed E-state index contributed by atoms with van der Waals surface area (Å²) in [6.07, 6.45) is 8.10. The van der Waals surface area contributed by atoms with E-state index in [1.165, 1.54) is 25.2 Å². The van der Waals surface area contributed by atoms with Crippen molar-refractivity contribution in [3.05, 3.63) is 41.7 Å². The number of hydrogen-bond acceptors (Lipinski definition) is 7. The summed E-state index contributed by atoms with van der Waals surface area (Å²) in [6.45, 7) is 0.747. The number of nitriles is 1. The maximum absolute atomic E-state index is 11.9. The van der Waals surface area contributed by atoms with E-state index in [-0.39, 0.29) is 0 Å². The van der Waals surface area contributed by atoms with E-state index in [0.717, 1.165) is 25.8 Å². The smallest absolute Gasteiger partial charge is 0.252 e. The molecule has 160 valence electrons. The van der Waals surface area contributed by atoms with E-state index >= 15 is 0 Å². The van der Waals surface area contributed by atoms with Crippen molar-refractivity contribution in [3.8, 4) is 6.07 Å². The highest BCUT2D eigenvalue weighted by molar-refractivity contribution is 5.98. The van der Waals surface area contributed by atoms with Crippen molar-refractivity contribution in [2.45, 2.75) is 37.7 Å². The van der Waals surface area contributed by atoms with Gasteiger partial charge in [-0.2, -0.15) is 5.26 Å². The van der Waals surface area contributed by atoms with E-state index in [4.69, 9.17) is 11.0 Å². The van der Waals surface area contributed by atoms with Crippen LogP contribution in [0.3, 0.4) is 0 Å². The van der Waals surface area contributed by atoms with Crippen LogP contribution in [0.1, 0.15) is 48.0 Å². The second-order valence-corrected chi connectivity index (χ2v) is 9.39. The van der Waals surface area contributed by atoms with E-state index in [1.54, 1.807) is 18.2 Å². The Bertz CT molecular complexity index is 1030. The summed E-state index contributed by atoms with van der Waals surface area (Å²) in [6, 6.07) is 7.18. The van der Waals surface area contributed by atoms with Gasteiger partial charge in [0, 0.05) is 25.0 Å². The van der Waals surface area contributed by atoms with Crippen molar-refractivity contribution in [2.75, 3.05) is 17.2 Å². The molecule has 0 radical (unpaired) electrons. The summed E-state index contributed by atoms with van der Waals surface area (Å²) >= 11 is 0. The van der Waals surface area contributed by atoms with Gasteiger partial charge in [0.1, 0.15) is 17.7 Å². The standard InChI is InChI=1S/C23H26N6O2/c24-9-13-1-2-20(27-10-13)29-21-5-19(18(12-28-21)22(25)30)26-11-17-15-3-14-4-16(17)8-23(31,6-14)7-15/h1-2,5,10,12,14-17,31H,3-4,6-8,11H2,(H2,25,30)(H2,26,27,28,29)/t14?,15-,16+,17?,23?. The maximum Gasteiger partial charge on any atom is 0.252 e.